The molecule has 2 aliphatic rings. The molecular formula is C20H38O8P2. The number of hydrogen-bond acceptors (Lipinski definition) is 5. The third-order valence-corrected chi connectivity index (χ3v) is 9.62. The monoisotopic (exact) mass is 468 g/mol. The highest BCUT2D eigenvalue weighted by Gasteiger charge is 2.57. The van der Waals surface area contributed by atoms with Crippen LogP contribution in [0.15, 0.2) is 11.6 Å². The molecule has 2 aliphatic carbocycles. The number of allylic oxidation sites excluding steroid dienone is 1. The van der Waals surface area contributed by atoms with Crippen LogP contribution in [0, 0.1) is 22.7 Å². The molecular weight excluding hydrogens is 430 g/mol. The van der Waals surface area contributed by atoms with Crippen molar-refractivity contribution in [1.82, 2.24) is 0 Å². The van der Waals surface area contributed by atoms with Crippen LogP contribution >= 0.6 is 15.6 Å². The van der Waals surface area contributed by atoms with E-state index in [9.17, 15) is 19.1 Å². The summed E-state index contributed by atoms with van der Waals surface area (Å²) in [6, 6.07) is 0. The highest BCUT2D eigenvalue weighted by molar-refractivity contribution is 7.60. The lowest BCUT2D eigenvalue weighted by Crippen LogP contribution is -2.57. The first-order chi connectivity index (χ1) is 13.5. The largest absolute Gasteiger partial charge is 0.481 e. The van der Waals surface area contributed by atoms with Crippen molar-refractivity contribution in [2.45, 2.75) is 85.2 Å². The molecule has 10 heteroatoms. The van der Waals surface area contributed by atoms with E-state index in [-0.39, 0.29) is 23.4 Å². The molecule has 0 saturated heterocycles. The maximum absolute atomic E-state index is 11.5. The van der Waals surface area contributed by atoms with Crippen LogP contribution in [0.25, 0.3) is 0 Å². The maximum atomic E-state index is 11.5. The quantitative estimate of drug-likeness (QED) is 0.291. The molecule has 30 heavy (non-hydrogen) atoms. The van der Waals surface area contributed by atoms with Gasteiger partial charge in [0, 0.05) is 0 Å². The Morgan fingerprint density at radius 1 is 1.10 bits per heavy atom. The van der Waals surface area contributed by atoms with Gasteiger partial charge in [-0.1, -0.05) is 38.8 Å². The maximum Gasteiger partial charge on any atom is 0.481 e. The molecule has 5 atom stereocenters. The number of phosphoric acid groups is 2. The summed E-state index contributed by atoms with van der Waals surface area (Å²) in [6.45, 7) is 10.6. The van der Waals surface area contributed by atoms with Gasteiger partial charge in [0.15, 0.2) is 0 Å². The van der Waals surface area contributed by atoms with Crippen molar-refractivity contribution < 1.29 is 37.8 Å². The first kappa shape index (κ1) is 26.2. The van der Waals surface area contributed by atoms with Crippen molar-refractivity contribution in [2.75, 3.05) is 6.61 Å². The molecule has 8 nitrogen and oxygen atoms in total. The Kier molecular flexibility index (Phi) is 7.93. The first-order valence-corrected chi connectivity index (χ1v) is 13.6. The van der Waals surface area contributed by atoms with E-state index < -0.39 is 21.2 Å². The number of hydrogen-bond donors (Lipinski definition) is 4. The van der Waals surface area contributed by atoms with Gasteiger partial charge in [0.25, 0.3) is 0 Å². The Morgan fingerprint density at radius 2 is 1.73 bits per heavy atom. The molecule has 0 heterocycles. The van der Waals surface area contributed by atoms with Crippen molar-refractivity contribution in [3.05, 3.63) is 11.6 Å². The minimum atomic E-state index is -5.12. The normalized spacial score (nSPS) is 36.8. The highest BCUT2D eigenvalue weighted by Crippen LogP contribution is 2.63. The summed E-state index contributed by atoms with van der Waals surface area (Å²) in [5, 5.41) is 11.2. The SMILES string of the molecule is CC(=CCOP(=O)(O)OP(=O)(O)O)CC[C@@H]1[C@@]2(C)CCCC(C)(C)[C@@H]2CC[C@@]1(C)O. The van der Waals surface area contributed by atoms with Gasteiger partial charge in [0.05, 0.1) is 12.2 Å². The van der Waals surface area contributed by atoms with Gasteiger partial charge in [-0.2, -0.15) is 4.31 Å². The molecule has 0 aromatic carbocycles. The Morgan fingerprint density at radius 3 is 2.33 bits per heavy atom. The van der Waals surface area contributed by atoms with E-state index >= 15 is 0 Å². The van der Waals surface area contributed by atoms with E-state index in [0.29, 0.717) is 12.3 Å². The van der Waals surface area contributed by atoms with Crippen molar-refractivity contribution in [1.29, 1.82) is 0 Å². The average molecular weight is 468 g/mol. The second-order valence-electron chi connectivity index (χ2n) is 10.3. The van der Waals surface area contributed by atoms with E-state index in [1.807, 2.05) is 13.8 Å². The summed E-state index contributed by atoms with van der Waals surface area (Å²) in [7, 11) is -9.94. The van der Waals surface area contributed by atoms with E-state index in [4.69, 9.17) is 9.79 Å². The Hall–Kier alpha value is -0.0400. The van der Waals surface area contributed by atoms with Crippen molar-refractivity contribution >= 4 is 15.6 Å². The van der Waals surface area contributed by atoms with Gasteiger partial charge in [0.1, 0.15) is 0 Å². The summed E-state index contributed by atoms with van der Waals surface area (Å²) in [5.74, 6) is 0.719. The zero-order valence-corrected chi connectivity index (χ0v) is 20.5. The van der Waals surface area contributed by atoms with Crippen LogP contribution in [-0.4, -0.2) is 32.0 Å². The smallest absolute Gasteiger partial charge is 0.390 e. The molecule has 176 valence electrons. The van der Waals surface area contributed by atoms with Gasteiger partial charge in [0.2, 0.25) is 0 Å². The number of rotatable bonds is 8. The fourth-order valence-corrected chi connectivity index (χ4v) is 7.70. The Balaban J connectivity index is 2.02. The molecule has 0 bridgehead atoms. The Labute approximate surface area is 179 Å². The summed E-state index contributed by atoms with van der Waals surface area (Å²) in [6.07, 6.45) is 8.43. The number of phosphoric ester groups is 1. The van der Waals surface area contributed by atoms with Gasteiger partial charge in [-0.15, -0.1) is 0 Å². The molecule has 0 radical (unpaired) electrons. The van der Waals surface area contributed by atoms with Crippen molar-refractivity contribution in [2.24, 2.45) is 22.7 Å². The molecule has 2 rings (SSSR count). The van der Waals surface area contributed by atoms with Crippen molar-refractivity contribution in [3.8, 4) is 0 Å². The van der Waals surface area contributed by atoms with Crippen LogP contribution in [0.1, 0.15) is 79.6 Å². The summed E-state index contributed by atoms with van der Waals surface area (Å²) in [4.78, 5) is 26.6. The molecule has 4 N–H and O–H groups in total. The van der Waals surface area contributed by atoms with E-state index in [2.05, 4.69) is 29.6 Å². The average Bonchev–Trinajstić information content (AvgIpc) is 2.50. The number of fused-ring (bicyclic) bond motifs is 1. The molecule has 2 saturated carbocycles. The van der Waals surface area contributed by atoms with Gasteiger partial charge in [-0.25, -0.2) is 9.13 Å². The van der Waals surface area contributed by atoms with E-state index in [1.165, 1.54) is 12.8 Å². The van der Waals surface area contributed by atoms with Gasteiger partial charge >= 0.3 is 15.6 Å². The first-order valence-electron chi connectivity index (χ1n) is 10.6. The Bertz CT molecular complexity index is 741. The molecule has 0 amide bonds. The predicted octanol–water partition coefficient (Wildman–Crippen LogP) is 4.93. The lowest BCUT2D eigenvalue weighted by atomic mass is 9.45. The van der Waals surface area contributed by atoms with E-state index in [0.717, 1.165) is 31.3 Å². The van der Waals surface area contributed by atoms with Crippen LogP contribution < -0.4 is 0 Å². The predicted molar refractivity (Wildman–Crippen MR) is 114 cm³/mol. The summed E-state index contributed by atoms with van der Waals surface area (Å²) >= 11 is 0. The minimum absolute atomic E-state index is 0.0678. The van der Waals surface area contributed by atoms with Gasteiger partial charge in [-0.3, -0.25) is 4.52 Å². The lowest BCUT2D eigenvalue weighted by Gasteiger charge is -2.61. The van der Waals surface area contributed by atoms with Crippen LogP contribution in [0.5, 0.6) is 0 Å². The minimum Gasteiger partial charge on any atom is -0.390 e. The summed E-state index contributed by atoms with van der Waals surface area (Å²) < 4.78 is 30.6. The summed E-state index contributed by atoms with van der Waals surface area (Å²) in [5.41, 5.74) is 0.524. The third kappa shape index (κ3) is 6.49. The molecule has 0 aromatic rings. The lowest BCUT2D eigenvalue weighted by molar-refractivity contribution is -0.168. The molecule has 0 spiro atoms. The van der Waals surface area contributed by atoms with E-state index in [1.54, 1.807) is 6.08 Å². The zero-order chi connectivity index (χ0) is 23.0. The van der Waals surface area contributed by atoms with Gasteiger partial charge < -0.3 is 19.8 Å². The van der Waals surface area contributed by atoms with Crippen LogP contribution in [0.4, 0.5) is 0 Å². The van der Waals surface area contributed by atoms with Gasteiger partial charge in [-0.05, 0) is 75.0 Å². The van der Waals surface area contributed by atoms with Crippen LogP contribution in [-0.2, 0) is 18.0 Å². The second kappa shape index (κ2) is 9.07. The molecule has 0 aliphatic heterocycles. The van der Waals surface area contributed by atoms with Crippen LogP contribution in [0.3, 0.4) is 0 Å². The van der Waals surface area contributed by atoms with Crippen molar-refractivity contribution in [3.63, 3.8) is 0 Å². The topological polar surface area (TPSA) is 134 Å². The fourth-order valence-electron chi connectivity index (χ4n) is 6.17. The fraction of sp³-hybridized carbons (Fsp3) is 0.900. The van der Waals surface area contributed by atoms with Crippen LogP contribution in [0.2, 0.25) is 0 Å². The number of aliphatic hydroxyl groups is 1. The zero-order valence-electron chi connectivity index (χ0n) is 18.7. The molecule has 2 fully saturated rings. The molecule has 0 aromatic heterocycles. The second-order valence-corrected chi connectivity index (χ2v) is 13.1. The standard InChI is InChI=1S/C20H38O8P2/c1-15(10-14-27-30(25,26)28-29(22,23)24)7-8-17-19(4)12-6-11-18(2,3)16(19)9-13-20(17,5)21/h10,16-17,21H,6-9,11-14H2,1-5H3,(H,25,26)(H2,22,23,24)/t16-,17+,19-,20+/m0/s1. The highest BCUT2D eigenvalue weighted by atomic mass is 31.3. The molecule has 1 unspecified atom stereocenters. The third-order valence-electron chi connectivity index (χ3n) is 7.47.